The molecule has 0 bridgehead atoms. The Kier molecular flexibility index (Phi) is 6.62. The molecule has 0 aromatic heterocycles. The molecule has 2 unspecified atom stereocenters. The minimum Gasteiger partial charge on any atom is -0.507 e. The second-order valence-corrected chi connectivity index (χ2v) is 12.1. The minimum absolute atomic E-state index is 0.00966. The maximum atomic E-state index is 14.0. The highest BCUT2D eigenvalue weighted by Gasteiger charge is 2.66. The van der Waals surface area contributed by atoms with Gasteiger partial charge in [-0.1, -0.05) is 56.3 Å². The number of phenols is 1. The zero-order chi connectivity index (χ0) is 30.1. The van der Waals surface area contributed by atoms with E-state index in [0.29, 0.717) is 18.2 Å². The first-order chi connectivity index (χ1) is 19.9. The third-order valence-corrected chi connectivity index (χ3v) is 9.29. The Morgan fingerprint density at radius 1 is 0.976 bits per heavy atom. The third-order valence-electron chi connectivity index (χ3n) is 9.29. The fourth-order valence-corrected chi connectivity index (χ4v) is 7.28. The van der Waals surface area contributed by atoms with Gasteiger partial charge in [0.15, 0.2) is 34.7 Å². The Morgan fingerprint density at radius 3 is 2.36 bits per heavy atom. The van der Waals surface area contributed by atoms with Gasteiger partial charge in [-0.2, -0.15) is 0 Å². The molecule has 1 amide bonds. The molecule has 0 aliphatic heterocycles. The van der Waals surface area contributed by atoms with Crippen molar-refractivity contribution >= 4 is 39.8 Å². The van der Waals surface area contributed by atoms with E-state index in [-0.39, 0.29) is 30.6 Å². The van der Waals surface area contributed by atoms with E-state index in [0.717, 1.165) is 27.5 Å². The molecule has 0 radical (unpaired) electrons. The highest BCUT2D eigenvalue weighted by atomic mass is 16.3. The molecule has 6 rings (SSSR count). The van der Waals surface area contributed by atoms with Gasteiger partial charge >= 0.3 is 0 Å². The first-order valence-electron chi connectivity index (χ1n) is 14.2. The summed E-state index contributed by atoms with van der Waals surface area (Å²) in [5.41, 5.74) is 5.90. The average molecular weight is 569 g/mol. The molecule has 3 aliphatic carbocycles. The van der Waals surface area contributed by atoms with Crippen molar-refractivity contribution in [3.63, 3.8) is 0 Å². The monoisotopic (exact) mass is 568 g/mol. The summed E-state index contributed by atoms with van der Waals surface area (Å²) in [4.78, 5) is 65.4. The number of primary amides is 1. The van der Waals surface area contributed by atoms with E-state index in [1.807, 2.05) is 36.4 Å². The zero-order valence-electron chi connectivity index (χ0n) is 23.3. The van der Waals surface area contributed by atoms with E-state index < -0.39 is 58.3 Å². The van der Waals surface area contributed by atoms with Gasteiger partial charge in [0.1, 0.15) is 5.75 Å². The van der Waals surface area contributed by atoms with Crippen LogP contribution in [0, 0.1) is 23.7 Å². The molecule has 2 saturated carbocycles. The molecule has 0 spiro atoms. The van der Waals surface area contributed by atoms with Gasteiger partial charge in [-0.05, 0) is 57.9 Å². The average Bonchev–Trinajstić information content (AvgIpc) is 2.93. The van der Waals surface area contributed by atoms with Crippen LogP contribution in [0.1, 0.15) is 48.2 Å². The molecule has 42 heavy (non-hydrogen) atoms. The quantitative estimate of drug-likeness (QED) is 0.341. The lowest BCUT2D eigenvalue weighted by atomic mass is 9.53. The predicted octanol–water partition coefficient (Wildman–Crippen LogP) is 2.65. The summed E-state index contributed by atoms with van der Waals surface area (Å²) in [5.74, 6) is -10.2. The Labute approximate surface area is 242 Å². The maximum absolute atomic E-state index is 14.0. The van der Waals surface area contributed by atoms with Crippen molar-refractivity contribution in [2.75, 3.05) is 0 Å². The van der Waals surface area contributed by atoms with Crippen LogP contribution in [0.25, 0.3) is 21.9 Å². The number of carbonyl (C=O) groups is 5. The highest BCUT2D eigenvalue weighted by molar-refractivity contribution is 6.31. The predicted molar refractivity (Wildman–Crippen MR) is 153 cm³/mol. The van der Waals surface area contributed by atoms with Crippen LogP contribution in [-0.4, -0.2) is 50.9 Å². The van der Waals surface area contributed by atoms with E-state index in [4.69, 9.17) is 5.73 Å². The standard InChI is InChI=1S/C33H32N2O7/c1-15(2)35-14-16-7-8-21(20-6-4-3-5-19(16)20)22-9-10-24(36)27-23(22)12-17-11-18-13-25(37)28(32(34)41)31(40)33(18,42)30(39)26(17)29(27)38/h3-10,15,17-18,26,28,35-36,42H,11-14H2,1-2H3,(H2,34,41)/t17-,18+,26?,28?,33+/m1/s1. The lowest BCUT2D eigenvalue weighted by Crippen LogP contribution is -2.68. The summed E-state index contributed by atoms with van der Waals surface area (Å²) in [6.07, 6.45) is -0.0909. The van der Waals surface area contributed by atoms with Crippen LogP contribution >= 0.6 is 0 Å². The van der Waals surface area contributed by atoms with Crippen LogP contribution in [0.15, 0.2) is 48.5 Å². The maximum Gasteiger partial charge on any atom is 0.235 e. The largest absolute Gasteiger partial charge is 0.507 e. The summed E-state index contributed by atoms with van der Waals surface area (Å²) in [7, 11) is 0. The fourth-order valence-electron chi connectivity index (χ4n) is 7.28. The SMILES string of the molecule is CC(C)NCc1ccc(-c2ccc(O)c3c2C[C@H]2C[C@H]4CC(=O)C(C(N)=O)C(=O)[C@@]4(O)C(=O)C2C3=O)c2ccccc12. The molecule has 9 nitrogen and oxygen atoms in total. The normalized spacial score (nSPS) is 27.1. The molecular formula is C33H32N2O7. The summed E-state index contributed by atoms with van der Waals surface area (Å²) in [6.45, 7) is 4.83. The van der Waals surface area contributed by atoms with Crippen molar-refractivity contribution in [3.05, 3.63) is 65.2 Å². The Bertz CT molecular complexity index is 1710. The lowest BCUT2D eigenvalue weighted by molar-refractivity contribution is -0.175. The van der Waals surface area contributed by atoms with Crippen LogP contribution in [-0.2, 0) is 32.1 Å². The van der Waals surface area contributed by atoms with Crippen LogP contribution in [0.4, 0.5) is 0 Å². The smallest absolute Gasteiger partial charge is 0.235 e. The van der Waals surface area contributed by atoms with Gasteiger partial charge in [-0.25, -0.2) is 0 Å². The van der Waals surface area contributed by atoms with Crippen molar-refractivity contribution in [1.29, 1.82) is 0 Å². The van der Waals surface area contributed by atoms with Crippen LogP contribution in [0.3, 0.4) is 0 Å². The number of carbonyl (C=O) groups excluding carboxylic acids is 5. The molecule has 9 heteroatoms. The van der Waals surface area contributed by atoms with E-state index in [1.165, 1.54) is 6.07 Å². The number of nitrogens with two attached hydrogens (primary N) is 1. The molecule has 2 fully saturated rings. The number of Topliss-reactive ketones (excluding diaryl/α,β-unsaturated/α-hetero) is 4. The number of benzene rings is 3. The van der Waals surface area contributed by atoms with E-state index in [2.05, 4.69) is 19.2 Å². The second-order valence-electron chi connectivity index (χ2n) is 12.1. The first kappa shape index (κ1) is 27.9. The Morgan fingerprint density at radius 2 is 1.67 bits per heavy atom. The van der Waals surface area contributed by atoms with Crippen molar-refractivity contribution < 1.29 is 34.2 Å². The van der Waals surface area contributed by atoms with Gasteiger partial charge in [0, 0.05) is 24.9 Å². The number of ketones is 4. The summed E-state index contributed by atoms with van der Waals surface area (Å²) >= 11 is 0. The molecule has 3 aliphatic rings. The van der Waals surface area contributed by atoms with Crippen molar-refractivity contribution in [1.82, 2.24) is 5.32 Å². The summed E-state index contributed by atoms with van der Waals surface area (Å²) in [6, 6.07) is 15.5. The van der Waals surface area contributed by atoms with E-state index in [9.17, 15) is 34.2 Å². The minimum atomic E-state index is -2.66. The molecule has 3 aromatic carbocycles. The second kappa shape index (κ2) is 9.96. The number of hydrogen-bond donors (Lipinski definition) is 4. The highest BCUT2D eigenvalue weighted by Crippen LogP contribution is 2.51. The zero-order valence-corrected chi connectivity index (χ0v) is 23.3. The molecule has 0 heterocycles. The van der Waals surface area contributed by atoms with Crippen LogP contribution < -0.4 is 11.1 Å². The molecule has 5 N–H and O–H groups in total. The van der Waals surface area contributed by atoms with Gasteiger partial charge < -0.3 is 21.3 Å². The molecular weight excluding hydrogens is 536 g/mol. The van der Waals surface area contributed by atoms with Crippen molar-refractivity contribution in [2.24, 2.45) is 29.4 Å². The molecule has 0 saturated heterocycles. The topological polar surface area (TPSA) is 164 Å². The van der Waals surface area contributed by atoms with E-state index in [1.54, 1.807) is 6.07 Å². The number of amides is 1. The van der Waals surface area contributed by atoms with Crippen molar-refractivity contribution in [3.8, 4) is 16.9 Å². The van der Waals surface area contributed by atoms with Gasteiger partial charge in [-0.3, -0.25) is 24.0 Å². The number of fused-ring (bicyclic) bond motifs is 4. The Hall–Kier alpha value is -4.21. The molecule has 3 aromatic rings. The molecule has 216 valence electrons. The lowest BCUT2D eigenvalue weighted by Gasteiger charge is -2.48. The number of nitrogens with one attached hydrogen (secondary N) is 1. The number of aliphatic hydroxyl groups is 1. The number of hydrogen-bond acceptors (Lipinski definition) is 8. The summed E-state index contributed by atoms with van der Waals surface area (Å²) in [5, 5.41) is 27.8. The Balaban J connectivity index is 1.46. The third kappa shape index (κ3) is 4.02. The van der Waals surface area contributed by atoms with Crippen LogP contribution in [0.2, 0.25) is 0 Å². The summed E-state index contributed by atoms with van der Waals surface area (Å²) < 4.78 is 0. The number of aromatic hydroxyl groups is 1. The van der Waals surface area contributed by atoms with E-state index >= 15 is 0 Å². The van der Waals surface area contributed by atoms with Gasteiger partial charge in [-0.15, -0.1) is 0 Å². The van der Waals surface area contributed by atoms with Crippen molar-refractivity contribution in [2.45, 2.75) is 51.3 Å². The van der Waals surface area contributed by atoms with Gasteiger partial charge in [0.25, 0.3) is 0 Å². The van der Waals surface area contributed by atoms with Crippen LogP contribution in [0.5, 0.6) is 5.75 Å². The number of rotatable bonds is 5. The first-order valence-corrected chi connectivity index (χ1v) is 14.2. The fraction of sp³-hybridized carbons (Fsp3) is 0.364. The van der Waals surface area contributed by atoms with Gasteiger partial charge in [0.05, 0.1) is 11.5 Å². The number of phenolic OH excluding ortho intramolecular Hbond substituents is 1. The molecule has 5 atom stereocenters. The van der Waals surface area contributed by atoms with Gasteiger partial charge in [0.2, 0.25) is 5.91 Å².